The maximum atomic E-state index is 11.7. The zero-order valence-electron chi connectivity index (χ0n) is 25.9. The third-order valence-electron chi connectivity index (χ3n) is 6.18. The molecule has 0 atom stereocenters. The monoisotopic (exact) mass is 646 g/mol. The van der Waals surface area contributed by atoms with Crippen molar-refractivity contribution in [2.75, 3.05) is 0 Å². The second-order valence-corrected chi connectivity index (χ2v) is 11.5. The fourth-order valence-corrected chi connectivity index (χ4v) is 4.19. The van der Waals surface area contributed by atoms with E-state index in [1.54, 1.807) is 6.07 Å². The van der Waals surface area contributed by atoms with Gasteiger partial charge in [0, 0.05) is 0 Å². The van der Waals surface area contributed by atoms with E-state index >= 15 is 0 Å². The van der Waals surface area contributed by atoms with Gasteiger partial charge in [-0.05, 0) is 16.4 Å². The molecule has 5 rings (SSSR count). The van der Waals surface area contributed by atoms with Crippen LogP contribution >= 0.6 is 0 Å². The van der Waals surface area contributed by atoms with Gasteiger partial charge in [-0.15, -0.1) is 87.0 Å². The Morgan fingerprint density at radius 2 is 1.02 bits per heavy atom. The van der Waals surface area contributed by atoms with Crippen LogP contribution in [0.15, 0.2) is 91.0 Å². The zero-order valence-corrected chi connectivity index (χ0v) is 30.2. The molecule has 0 amide bonds. The summed E-state index contributed by atoms with van der Waals surface area (Å²) in [4.78, 5) is 0. The van der Waals surface area contributed by atoms with Gasteiger partial charge in [0.15, 0.2) is 0 Å². The molecule has 0 aromatic heterocycles. The van der Waals surface area contributed by atoms with E-state index in [1.165, 1.54) is 61.6 Å². The van der Waals surface area contributed by atoms with Crippen LogP contribution in [0.3, 0.4) is 0 Å². The average molecular weight is 649 g/mol. The van der Waals surface area contributed by atoms with Gasteiger partial charge in [-0.25, -0.2) is 0 Å². The van der Waals surface area contributed by atoms with Crippen LogP contribution in [0.2, 0.25) is 0 Å². The van der Waals surface area contributed by atoms with Gasteiger partial charge in [-0.1, -0.05) is 91.3 Å². The van der Waals surface area contributed by atoms with Crippen molar-refractivity contribution in [3.63, 3.8) is 0 Å². The van der Waals surface area contributed by atoms with Crippen molar-refractivity contribution in [1.82, 2.24) is 0 Å². The normalized spacial score (nSPS) is 10.2. The first-order valence-electron chi connectivity index (χ1n) is 12.7. The van der Waals surface area contributed by atoms with E-state index in [0.717, 1.165) is 5.56 Å². The summed E-state index contributed by atoms with van der Waals surface area (Å²) >= 11 is 1.36. The first-order valence-corrected chi connectivity index (χ1v) is 16.8. The topological polar surface area (TPSA) is 23.1 Å². The second kappa shape index (κ2) is 17.8. The van der Waals surface area contributed by atoms with Gasteiger partial charge in [0.2, 0.25) is 0 Å². The van der Waals surface area contributed by atoms with Crippen molar-refractivity contribution in [2.45, 2.75) is 66.2 Å². The fraction of sp³-hybridized carbons (Fsp3) is 0.278. The summed E-state index contributed by atoms with van der Waals surface area (Å²) < 4.78 is 0. The molecule has 0 bridgehead atoms. The first kappa shape index (κ1) is 40.2. The molecule has 216 valence electrons. The molecule has 0 aliphatic rings. The molecular formula is C36H45ClOSiZr-6. The number of aryl methyl sites for hydroxylation is 2. The predicted molar refractivity (Wildman–Crippen MR) is 170 cm³/mol. The number of hydrogen-bond donors (Lipinski definition) is 0. The summed E-state index contributed by atoms with van der Waals surface area (Å²) in [5, 5.41) is 17.1. The predicted octanol–water partition coefficient (Wildman–Crippen LogP) is 6.61. The number of benzene rings is 3. The molecule has 4 heteroatoms. The van der Waals surface area contributed by atoms with Crippen LogP contribution in [-0.4, -0.2) is 6.88 Å². The van der Waals surface area contributed by atoms with E-state index in [-0.39, 0.29) is 43.8 Å². The van der Waals surface area contributed by atoms with Gasteiger partial charge in [0.1, 0.15) is 0 Å². The number of rotatable bonds is 0. The molecular weight excluding hydrogens is 603 g/mol. The van der Waals surface area contributed by atoms with Crippen molar-refractivity contribution >= 4 is 28.4 Å². The Bertz CT molecular complexity index is 1280. The Labute approximate surface area is 267 Å². The van der Waals surface area contributed by atoms with Crippen molar-refractivity contribution in [3.05, 3.63) is 128 Å². The standard InChI is InChI=1S/C14H22O.2C10H9.2CH3.ClH.Si.Zr/c1-13(2,3)10-7-8-12(15)11(9-10)14(4,5)6;2*1-8-6-9-4-2-3-5-10(9)7-8;;;;;/h7-9,15H,1-6H3;2*2-7H,1H3;2*1H3;1H;;/q;4*-1;;;/p-2. The number of hydrogen-bond acceptors (Lipinski definition) is 1. The molecule has 0 saturated heterocycles. The third-order valence-corrected chi connectivity index (χ3v) is 6.18. The van der Waals surface area contributed by atoms with Crippen LogP contribution in [0.25, 0.3) is 21.5 Å². The molecule has 0 aliphatic carbocycles. The molecule has 0 N–H and O–H groups in total. The zero-order chi connectivity index (χ0) is 27.8. The van der Waals surface area contributed by atoms with Gasteiger partial charge < -0.3 is 32.4 Å². The quantitative estimate of drug-likeness (QED) is 0.137. The molecule has 2 radical (unpaired) electrons. The van der Waals surface area contributed by atoms with Crippen LogP contribution in [0.5, 0.6) is 5.75 Å². The Kier molecular flexibility index (Phi) is 17.9. The Morgan fingerprint density at radius 3 is 1.38 bits per heavy atom. The molecule has 40 heavy (non-hydrogen) atoms. The fourth-order valence-electron chi connectivity index (χ4n) is 4.19. The van der Waals surface area contributed by atoms with Gasteiger partial charge in [-0.2, -0.15) is 12.1 Å². The van der Waals surface area contributed by atoms with E-state index < -0.39 is 0 Å². The van der Waals surface area contributed by atoms with Crippen molar-refractivity contribution in [3.8, 4) is 5.75 Å². The van der Waals surface area contributed by atoms with Crippen LogP contribution in [0.1, 0.15) is 63.8 Å². The Balaban J connectivity index is 0. The van der Waals surface area contributed by atoms with E-state index in [4.69, 9.17) is 0 Å². The van der Waals surface area contributed by atoms with E-state index in [2.05, 4.69) is 141 Å². The summed E-state index contributed by atoms with van der Waals surface area (Å²) in [6, 6.07) is 31.4. The van der Waals surface area contributed by atoms with Crippen molar-refractivity contribution in [1.29, 1.82) is 0 Å². The summed E-state index contributed by atoms with van der Waals surface area (Å²) in [5.41, 5.74) is 4.87. The van der Waals surface area contributed by atoms with E-state index in [9.17, 15) is 5.11 Å². The molecule has 5 aromatic rings. The minimum atomic E-state index is -0.0711. The minimum absolute atomic E-state index is 0. The molecule has 0 aliphatic heterocycles. The van der Waals surface area contributed by atoms with Crippen molar-refractivity contribution < 1.29 is 40.8 Å². The van der Waals surface area contributed by atoms with Gasteiger partial charge >= 0.3 is 30.2 Å². The van der Waals surface area contributed by atoms with Crippen LogP contribution < -0.4 is 17.5 Å². The van der Waals surface area contributed by atoms with Gasteiger partial charge in [0.25, 0.3) is 0 Å². The van der Waals surface area contributed by atoms with Crippen LogP contribution in [-0.2, 0) is 34.2 Å². The van der Waals surface area contributed by atoms with Gasteiger partial charge in [0.05, 0.1) is 0 Å². The molecule has 5 aromatic carbocycles. The maximum absolute atomic E-state index is 11.7. The van der Waals surface area contributed by atoms with E-state index in [0.29, 0.717) is 0 Å². The number of fused-ring (bicyclic) bond motifs is 2. The third kappa shape index (κ3) is 11.9. The summed E-state index contributed by atoms with van der Waals surface area (Å²) in [5.74, 6) is 0.149. The first-order chi connectivity index (χ1) is 17.3. The van der Waals surface area contributed by atoms with Crippen molar-refractivity contribution in [2.24, 2.45) is 0 Å². The Hall–Kier alpha value is -1.93. The molecule has 0 saturated carbocycles. The molecule has 0 heterocycles. The summed E-state index contributed by atoms with van der Waals surface area (Å²) in [6.07, 6.45) is 0. The van der Waals surface area contributed by atoms with Gasteiger partial charge in [-0.3, -0.25) is 0 Å². The average Bonchev–Trinajstić information content (AvgIpc) is 3.40. The molecule has 0 fully saturated rings. The molecule has 0 spiro atoms. The second-order valence-electron chi connectivity index (χ2n) is 11.5. The molecule has 0 unspecified atom stereocenters. The number of halogens is 1. The summed E-state index contributed by atoms with van der Waals surface area (Å²) in [7, 11) is 0. The van der Waals surface area contributed by atoms with E-state index in [1.807, 2.05) is 6.07 Å². The SMILES string of the molecule is CC(C)(C)c1ccc([O-])c(C(C)(C)C)c1.Cc1cc2ccccc2[cH-]1.Cc1cc2ccccc2[cH-]1.[CH3-].[CH3-].[Cl-].[Si]=[Zr]. The summed E-state index contributed by atoms with van der Waals surface area (Å²) in [6.45, 7) is 20.0. The molecule has 1 nitrogen and oxygen atoms in total. The van der Waals surface area contributed by atoms with Crippen LogP contribution in [0, 0.1) is 28.7 Å². The van der Waals surface area contributed by atoms with Crippen LogP contribution in [0.4, 0.5) is 0 Å². The Morgan fingerprint density at radius 1 is 0.625 bits per heavy atom.